The molecule has 3 aromatic rings. The largest absolute Gasteiger partial charge is 0.488 e. The topological polar surface area (TPSA) is 43.7 Å². The number of aryl methyl sites for hydroxylation is 1. The highest BCUT2D eigenvalue weighted by Gasteiger charge is 2.32. The fourth-order valence-corrected chi connectivity index (χ4v) is 6.89. The molecule has 2 aromatic carbocycles. The average molecular weight is 576 g/mol. The zero-order valence-electron chi connectivity index (χ0n) is 20.8. The van der Waals surface area contributed by atoms with E-state index in [1.165, 1.54) is 37.8 Å². The van der Waals surface area contributed by atoms with E-state index in [9.17, 15) is 9.18 Å². The summed E-state index contributed by atoms with van der Waals surface area (Å²) in [7, 11) is 1.97. The number of benzene rings is 2. The fourth-order valence-electron chi connectivity index (χ4n) is 5.49. The molecule has 2 heterocycles. The van der Waals surface area contributed by atoms with Gasteiger partial charge < -0.3 is 14.0 Å². The van der Waals surface area contributed by atoms with Crippen LogP contribution in [0.4, 0.5) is 4.39 Å². The Balaban J connectivity index is 1.43. The minimum absolute atomic E-state index is 0.141. The van der Waals surface area contributed by atoms with Gasteiger partial charge in [0, 0.05) is 47.9 Å². The third-order valence-corrected chi connectivity index (χ3v) is 9.00. The number of thioether (sulfide) groups is 1. The maximum atomic E-state index is 13.3. The minimum Gasteiger partial charge on any atom is -0.488 e. The molecule has 1 unspecified atom stereocenters. The Hall–Kier alpha value is -2.03. The highest BCUT2D eigenvalue weighted by Crippen LogP contribution is 2.38. The fraction of sp³-hybridized carbons (Fsp3) is 0.464. The van der Waals surface area contributed by atoms with Crippen LogP contribution in [0.2, 0.25) is 0 Å². The number of carbonyl (C=O) groups is 1. The zero-order valence-corrected chi connectivity index (χ0v) is 23.2. The van der Waals surface area contributed by atoms with Crippen molar-refractivity contribution in [1.29, 1.82) is 0 Å². The lowest BCUT2D eigenvalue weighted by atomic mass is 10.1. The van der Waals surface area contributed by atoms with Crippen molar-refractivity contribution in [2.24, 2.45) is 7.05 Å². The van der Waals surface area contributed by atoms with Crippen molar-refractivity contribution in [2.45, 2.75) is 61.8 Å². The number of hydrogen-bond acceptors (Lipinski definition) is 5. The monoisotopic (exact) mass is 574 g/mol. The second-order valence-electron chi connectivity index (χ2n) is 9.61. The Kier molecular flexibility index (Phi) is 7.93. The van der Waals surface area contributed by atoms with Crippen LogP contribution in [-0.2, 0) is 17.5 Å². The number of aromatic nitrogens is 1. The average Bonchev–Trinajstić information content (AvgIpc) is 3.60. The molecule has 2 fully saturated rings. The maximum Gasteiger partial charge on any atom is 0.340 e. The molecule has 5 rings (SSSR count). The standard InChI is InChI=1S/C28H32BrFN2O3S/c1-3-34-28(33)27-22-14-26(35-20-12-13-32(16-20)19-6-4-5-7-19)23(29)15-24(22)31(2)25(27)17-36-21-10-8-18(30)9-11-21/h8-11,14-15,19-20H,3-7,12-13,16-17H2,1-2H3. The number of ether oxygens (including phenoxy) is 2. The molecule has 1 saturated heterocycles. The van der Waals surface area contributed by atoms with E-state index < -0.39 is 0 Å². The predicted octanol–water partition coefficient (Wildman–Crippen LogP) is 6.94. The van der Waals surface area contributed by atoms with Gasteiger partial charge in [-0.25, -0.2) is 9.18 Å². The van der Waals surface area contributed by atoms with E-state index in [1.807, 2.05) is 30.7 Å². The molecule has 2 aliphatic rings. The number of rotatable bonds is 8. The third-order valence-electron chi connectivity index (χ3n) is 7.35. The van der Waals surface area contributed by atoms with E-state index in [1.54, 1.807) is 23.9 Å². The van der Waals surface area contributed by atoms with Crippen LogP contribution in [0.5, 0.6) is 5.75 Å². The van der Waals surface area contributed by atoms with E-state index in [4.69, 9.17) is 9.47 Å². The van der Waals surface area contributed by atoms with Crippen molar-refractivity contribution in [3.05, 3.63) is 57.9 Å². The number of carbonyl (C=O) groups excluding carboxylic acids is 1. The molecule has 1 aliphatic carbocycles. The van der Waals surface area contributed by atoms with Crippen molar-refractivity contribution in [3.63, 3.8) is 0 Å². The Morgan fingerprint density at radius 2 is 1.92 bits per heavy atom. The first kappa shape index (κ1) is 25.6. The van der Waals surface area contributed by atoms with Crippen LogP contribution >= 0.6 is 27.7 Å². The summed E-state index contributed by atoms with van der Waals surface area (Å²) in [6.07, 6.45) is 6.42. The number of fused-ring (bicyclic) bond motifs is 1. The first-order valence-electron chi connectivity index (χ1n) is 12.7. The molecule has 1 aromatic heterocycles. The molecule has 1 atom stereocenters. The second-order valence-corrected chi connectivity index (χ2v) is 11.5. The Morgan fingerprint density at radius 1 is 1.17 bits per heavy atom. The second kappa shape index (κ2) is 11.2. The lowest BCUT2D eigenvalue weighted by Gasteiger charge is -2.23. The van der Waals surface area contributed by atoms with Gasteiger partial charge in [-0.15, -0.1) is 11.8 Å². The zero-order chi connectivity index (χ0) is 25.2. The first-order chi connectivity index (χ1) is 17.4. The van der Waals surface area contributed by atoms with Gasteiger partial charge in [0.05, 0.1) is 22.2 Å². The van der Waals surface area contributed by atoms with Crippen LogP contribution in [0.3, 0.4) is 0 Å². The van der Waals surface area contributed by atoms with Crippen LogP contribution in [0.1, 0.15) is 55.1 Å². The maximum absolute atomic E-state index is 13.3. The van der Waals surface area contributed by atoms with Crippen LogP contribution in [0.15, 0.2) is 45.8 Å². The van der Waals surface area contributed by atoms with Gasteiger partial charge in [0.2, 0.25) is 0 Å². The molecule has 5 nitrogen and oxygen atoms in total. The predicted molar refractivity (Wildman–Crippen MR) is 145 cm³/mol. The van der Waals surface area contributed by atoms with Gasteiger partial charge in [-0.3, -0.25) is 4.90 Å². The number of halogens is 2. The highest BCUT2D eigenvalue weighted by molar-refractivity contribution is 9.10. The van der Waals surface area contributed by atoms with Crippen molar-refractivity contribution >= 4 is 44.6 Å². The number of esters is 1. The van der Waals surface area contributed by atoms with Gasteiger partial charge in [-0.2, -0.15) is 0 Å². The van der Waals surface area contributed by atoms with Gasteiger partial charge in [-0.1, -0.05) is 12.8 Å². The molecule has 1 saturated carbocycles. The molecule has 36 heavy (non-hydrogen) atoms. The van der Waals surface area contributed by atoms with Crippen LogP contribution in [0.25, 0.3) is 10.9 Å². The number of hydrogen-bond donors (Lipinski definition) is 0. The summed E-state index contributed by atoms with van der Waals surface area (Å²) < 4.78 is 28.2. The van der Waals surface area contributed by atoms with Gasteiger partial charge in [0.1, 0.15) is 17.7 Å². The van der Waals surface area contributed by atoms with Crippen molar-refractivity contribution in [3.8, 4) is 5.75 Å². The summed E-state index contributed by atoms with van der Waals surface area (Å²) in [5.74, 6) is 0.716. The Labute approximate surface area is 224 Å². The van der Waals surface area contributed by atoms with Crippen molar-refractivity contribution in [2.75, 3.05) is 19.7 Å². The number of nitrogens with zero attached hydrogens (tertiary/aromatic N) is 2. The van der Waals surface area contributed by atoms with Crippen LogP contribution in [-0.4, -0.2) is 47.3 Å². The van der Waals surface area contributed by atoms with E-state index in [2.05, 4.69) is 20.8 Å². The highest BCUT2D eigenvalue weighted by atomic mass is 79.9. The molecular formula is C28H32BrFN2O3S. The van der Waals surface area contributed by atoms with Crippen LogP contribution in [0, 0.1) is 5.82 Å². The first-order valence-corrected chi connectivity index (χ1v) is 14.5. The Bertz CT molecular complexity index is 1240. The van der Waals surface area contributed by atoms with Crippen LogP contribution < -0.4 is 4.74 Å². The summed E-state index contributed by atoms with van der Waals surface area (Å²) in [4.78, 5) is 16.7. The van der Waals surface area contributed by atoms with Gasteiger partial charge in [0.25, 0.3) is 0 Å². The van der Waals surface area contributed by atoms with Crippen molar-refractivity contribution < 1.29 is 18.7 Å². The van der Waals surface area contributed by atoms with Gasteiger partial charge in [0.15, 0.2) is 0 Å². The minimum atomic E-state index is -0.334. The summed E-state index contributed by atoms with van der Waals surface area (Å²) in [6.45, 7) is 4.16. The molecule has 0 N–H and O–H groups in total. The molecule has 0 spiro atoms. The lowest BCUT2D eigenvalue weighted by Crippen LogP contribution is -2.32. The molecule has 0 bridgehead atoms. The summed E-state index contributed by atoms with van der Waals surface area (Å²) in [5.41, 5.74) is 2.38. The van der Waals surface area contributed by atoms with E-state index in [0.717, 1.165) is 51.2 Å². The summed E-state index contributed by atoms with van der Waals surface area (Å²) >= 11 is 5.28. The third kappa shape index (κ3) is 5.31. The molecule has 0 amide bonds. The molecule has 192 valence electrons. The van der Waals surface area contributed by atoms with Crippen molar-refractivity contribution in [1.82, 2.24) is 9.47 Å². The lowest BCUT2D eigenvalue weighted by molar-refractivity contribution is 0.0527. The normalized spacial score (nSPS) is 18.8. The molecule has 1 aliphatic heterocycles. The van der Waals surface area contributed by atoms with E-state index in [-0.39, 0.29) is 17.9 Å². The SMILES string of the molecule is CCOC(=O)c1c(CSc2ccc(F)cc2)n(C)c2cc(Br)c(OC3CCN(C4CCCC4)C3)cc12. The molecule has 8 heteroatoms. The molecular weight excluding hydrogens is 543 g/mol. The smallest absolute Gasteiger partial charge is 0.340 e. The Morgan fingerprint density at radius 3 is 2.64 bits per heavy atom. The van der Waals surface area contributed by atoms with Gasteiger partial charge >= 0.3 is 5.97 Å². The summed E-state index contributed by atoms with van der Waals surface area (Å²) in [5, 5.41) is 0.828. The number of likely N-dealkylation sites (tertiary alicyclic amines) is 1. The quantitative estimate of drug-likeness (QED) is 0.215. The molecule has 0 radical (unpaired) electrons. The summed E-state index contributed by atoms with van der Waals surface area (Å²) in [6, 6.07) is 11.1. The van der Waals surface area contributed by atoms with Gasteiger partial charge in [-0.05, 0) is 78.5 Å². The van der Waals surface area contributed by atoms with E-state index in [0.29, 0.717) is 24.0 Å². The van der Waals surface area contributed by atoms with E-state index >= 15 is 0 Å².